The number of aryl methyl sites for hydroxylation is 2. The highest BCUT2D eigenvalue weighted by Crippen LogP contribution is 2.30. The molecule has 0 saturated carbocycles. The first-order valence-corrected chi connectivity index (χ1v) is 7.10. The molecule has 3 aromatic rings. The van der Waals surface area contributed by atoms with E-state index in [9.17, 15) is 0 Å². The highest BCUT2D eigenvalue weighted by molar-refractivity contribution is 7.12. The lowest BCUT2D eigenvalue weighted by Gasteiger charge is -2.03. The van der Waals surface area contributed by atoms with Crippen LogP contribution in [-0.2, 0) is 19.4 Å². The lowest BCUT2D eigenvalue weighted by Crippen LogP contribution is -2.03. The zero-order valence-corrected chi connectivity index (χ0v) is 11.0. The van der Waals surface area contributed by atoms with E-state index in [-0.39, 0.29) is 0 Å². The Kier molecular flexibility index (Phi) is 2.44. The highest BCUT2D eigenvalue weighted by Gasteiger charge is 2.14. The van der Waals surface area contributed by atoms with Crippen molar-refractivity contribution in [2.75, 3.05) is 5.32 Å². The minimum atomic E-state index is 0.653. The molecule has 3 heterocycles. The van der Waals surface area contributed by atoms with Crippen molar-refractivity contribution >= 4 is 22.8 Å². The Morgan fingerprint density at radius 1 is 1.32 bits per heavy atom. The van der Waals surface area contributed by atoms with Gasteiger partial charge in [-0.1, -0.05) is 0 Å². The molecule has 1 N–H and O–H groups in total. The van der Waals surface area contributed by atoms with Gasteiger partial charge >= 0.3 is 0 Å². The van der Waals surface area contributed by atoms with Crippen molar-refractivity contribution in [1.82, 2.24) is 25.3 Å². The normalized spacial score (nSPS) is 13.9. The van der Waals surface area contributed by atoms with E-state index < -0.39 is 0 Å². The second-order valence-electron chi connectivity index (χ2n) is 4.61. The molecule has 1 aliphatic carbocycles. The van der Waals surface area contributed by atoms with Crippen LogP contribution in [-0.4, -0.2) is 25.3 Å². The molecular weight excluding hydrogens is 260 g/mol. The number of thiophene rings is 1. The molecule has 0 radical (unpaired) electrons. The van der Waals surface area contributed by atoms with Crippen molar-refractivity contribution in [2.45, 2.75) is 25.8 Å². The lowest BCUT2D eigenvalue weighted by atomic mass is 10.2. The number of nitrogens with one attached hydrogen (secondary N) is 1. The Morgan fingerprint density at radius 3 is 3.26 bits per heavy atom. The van der Waals surface area contributed by atoms with Crippen molar-refractivity contribution in [3.05, 3.63) is 33.5 Å². The second kappa shape index (κ2) is 4.27. The summed E-state index contributed by atoms with van der Waals surface area (Å²) < 4.78 is 1.43. The van der Waals surface area contributed by atoms with Crippen LogP contribution in [0.3, 0.4) is 0 Å². The fraction of sp³-hybridized carbons (Fsp3) is 0.333. The average molecular weight is 272 g/mol. The summed E-state index contributed by atoms with van der Waals surface area (Å²) in [5.41, 5.74) is 2.19. The molecule has 0 bridgehead atoms. The molecular formula is C12H12N6S. The number of hydrogen-bond acceptors (Lipinski definition) is 6. The number of tetrazole rings is 1. The summed E-state index contributed by atoms with van der Waals surface area (Å²) in [5, 5.41) is 18.8. The van der Waals surface area contributed by atoms with Crippen LogP contribution in [0.1, 0.15) is 21.7 Å². The molecule has 0 unspecified atom stereocenters. The predicted octanol–water partition coefficient (Wildman–Crippen LogP) is 1.68. The van der Waals surface area contributed by atoms with Gasteiger partial charge in [0, 0.05) is 9.75 Å². The lowest BCUT2D eigenvalue weighted by molar-refractivity contribution is 0.734. The van der Waals surface area contributed by atoms with Crippen molar-refractivity contribution in [3.63, 3.8) is 0 Å². The molecule has 1 aliphatic rings. The van der Waals surface area contributed by atoms with Gasteiger partial charge < -0.3 is 5.32 Å². The van der Waals surface area contributed by atoms with Gasteiger partial charge in [-0.15, -0.1) is 26.2 Å². The first-order chi connectivity index (χ1) is 9.38. The average Bonchev–Trinajstić information content (AvgIpc) is 3.10. The van der Waals surface area contributed by atoms with Crippen molar-refractivity contribution in [1.29, 1.82) is 0 Å². The summed E-state index contributed by atoms with van der Waals surface area (Å²) in [5.74, 6) is 0.786. The highest BCUT2D eigenvalue weighted by atomic mass is 32.1. The van der Waals surface area contributed by atoms with Gasteiger partial charge in [0.2, 0.25) is 0 Å². The molecule has 19 heavy (non-hydrogen) atoms. The molecule has 0 aliphatic heterocycles. The van der Waals surface area contributed by atoms with Gasteiger partial charge in [-0.25, -0.2) is 0 Å². The first-order valence-electron chi connectivity index (χ1n) is 6.28. The molecule has 0 amide bonds. The zero-order valence-electron chi connectivity index (χ0n) is 10.2. The Hall–Kier alpha value is -2.02. The maximum absolute atomic E-state index is 4.29. The fourth-order valence-electron chi connectivity index (χ4n) is 2.40. The van der Waals surface area contributed by atoms with Gasteiger partial charge in [0.1, 0.15) is 5.82 Å². The van der Waals surface area contributed by atoms with Crippen LogP contribution < -0.4 is 5.32 Å². The third-order valence-corrected chi connectivity index (χ3v) is 4.55. The van der Waals surface area contributed by atoms with Crippen LogP contribution in [0.2, 0.25) is 0 Å². The first kappa shape index (κ1) is 10.9. The molecule has 7 heteroatoms. The summed E-state index contributed by atoms with van der Waals surface area (Å²) in [6.45, 7) is 0.804. The van der Waals surface area contributed by atoms with E-state index in [0.717, 1.165) is 12.4 Å². The maximum atomic E-state index is 4.29. The SMILES string of the molecule is c1cc2nnnn2nc1NCc1cc2c(s1)CCC2. The maximum Gasteiger partial charge on any atom is 0.200 e. The summed E-state index contributed by atoms with van der Waals surface area (Å²) in [7, 11) is 0. The largest absolute Gasteiger partial charge is 0.364 e. The molecule has 0 saturated heterocycles. The van der Waals surface area contributed by atoms with E-state index >= 15 is 0 Å². The van der Waals surface area contributed by atoms with Crippen LogP contribution in [0.25, 0.3) is 5.65 Å². The van der Waals surface area contributed by atoms with Crippen molar-refractivity contribution in [2.24, 2.45) is 0 Å². The third kappa shape index (κ3) is 1.95. The van der Waals surface area contributed by atoms with E-state index in [1.165, 1.54) is 34.3 Å². The minimum Gasteiger partial charge on any atom is -0.364 e. The third-order valence-electron chi connectivity index (χ3n) is 3.31. The zero-order chi connectivity index (χ0) is 12.7. The fourth-order valence-corrected chi connectivity index (χ4v) is 3.60. The quantitative estimate of drug-likeness (QED) is 0.785. The summed E-state index contributed by atoms with van der Waals surface area (Å²) in [6, 6.07) is 6.06. The Bertz CT molecular complexity index is 709. The van der Waals surface area contributed by atoms with Crippen LogP contribution in [0.4, 0.5) is 5.82 Å². The standard InChI is InChI=1S/C12H12N6S/c1-2-8-6-9(19-10(8)3-1)7-13-11-4-5-12-14-16-17-18(12)15-11/h4-6H,1-3,7H2,(H,13,15). The van der Waals surface area contributed by atoms with Crippen molar-refractivity contribution in [3.8, 4) is 0 Å². The number of fused-ring (bicyclic) bond motifs is 2. The topological polar surface area (TPSA) is 68.0 Å². The van der Waals surface area contributed by atoms with Gasteiger partial charge in [0.05, 0.1) is 6.54 Å². The van der Waals surface area contributed by atoms with E-state index in [2.05, 4.69) is 32.0 Å². The van der Waals surface area contributed by atoms with Gasteiger partial charge in [0.15, 0.2) is 5.65 Å². The molecule has 0 aromatic carbocycles. The number of anilines is 1. The molecule has 4 rings (SSSR count). The Balaban J connectivity index is 1.51. The molecule has 0 fully saturated rings. The number of nitrogens with zero attached hydrogens (tertiary/aromatic N) is 5. The van der Waals surface area contributed by atoms with E-state index in [4.69, 9.17) is 0 Å². The minimum absolute atomic E-state index is 0.653. The van der Waals surface area contributed by atoms with Crippen LogP contribution in [0.15, 0.2) is 18.2 Å². The Labute approximate surface area is 113 Å². The molecule has 6 nitrogen and oxygen atoms in total. The summed E-state index contributed by atoms with van der Waals surface area (Å²) >= 11 is 1.91. The summed E-state index contributed by atoms with van der Waals surface area (Å²) in [6.07, 6.45) is 3.79. The van der Waals surface area contributed by atoms with Crippen LogP contribution in [0.5, 0.6) is 0 Å². The monoisotopic (exact) mass is 272 g/mol. The predicted molar refractivity (Wildman–Crippen MR) is 72.2 cm³/mol. The molecule has 0 atom stereocenters. The van der Waals surface area contributed by atoms with Gasteiger partial charge in [-0.3, -0.25) is 0 Å². The summed E-state index contributed by atoms with van der Waals surface area (Å²) in [4.78, 5) is 2.92. The van der Waals surface area contributed by atoms with Crippen LogP contribution in [0, 0.1) is 0 Å². The number of aromatic nitrogens is 5. The molecule has 96 valence electrons. The second-order valence-corrected chi connectivity index (χ2v) is 5.83. The molecule has 3 aromatic heterocycles. The van der Waals surface area contributed by atoms with E-state index in [0.29, 0.717) is 5.65 Å². The van der Waals surface area contributed by atoms with E-state index in [1.807, 2.05) is 23.5 Å². The molecule has 0 spiro atoms. The smallest absolute Gasteiger partial charge is 0.200 e. The van der Waals surface area contributed by atoms with Gasteiger partial charge in [0.25, 0.3) is 0 Å². The van der Waals surface area contributed by atoms with Gasteiger partial charge in [-0.2, -0.15) is 0 Å². The van der Waals surface area contributed by atoms with E-state index in [1.54, 1.807) is 4.88 Å². The number of rotatable bonds is 3. The van der Waals surface area contributed by atoms with Crippen molar-refractivity contribution < 1.29 is 0 Å². The van der Waals surface area contributed by atoms with Gasteiger partial charge in [-0.05, 0) is 53.5 Å². The van der Waals surface area contributed by atoms with Crippen LogP contribution >= 0.6 is 11.3 Å². The number of hydrogen-bond donors (Lipinski definition) is 1. The Morgan fingerprint density at radius 2 is 2.32 bits per heavy atom.